The first-order valence-electron chi connectivity index (χ1n) is 13.7. The molecule has 0 radical (unpaired) electrons. The van der Waals surface area contributed by atoms with Crippen LogP contribution in [0.15, 0.2) is 54.6 Å². The van der Waals surface area contributed by atoms with Gasteiger partial charge in [-0.3, -0.25) is 29.2 Å². The lowest BCUT2D eigenvalue weighted by molar-refractivity contribution is -0.136. The van der Waals surface area contributed by atoms with Crippen molar-refractivity contribution < 1.29 is 23.9 Å². The lowest BCUT2D eigenvalue weighted by Crippen LogP contribution is -2.52. The van der Waals surface area contributed by atoms with Crippen LogP contribution >= 0.6 is 0 Å². The van der Waals surface area contributed by atoms with Gasteiger partial charge >= 0.3 is 0 Å². The molecule has 2 fully saturated rings. The number of hydrogen-bond acceptors (Lipinski definition) is 6. The fourth-order valence-electron chi connectivity index (χ4n) is 5.87. The number of ether oxygens (including phenoxy) is 1. The van der Waals surface area contributed by atoms with E-state index in [1.54, 1.807) is 16.8 Å². The lowest BCUT2D eigenvalue weighted by Gasteiger charge is -2.35. The Morgan fingerprint density at radius 1 is 1.05 bits per heavy atom. The highest BCUT2D eigenvalue weighted by Crippen LogP contribution is 2.31. The van der Waals surface area contributed by atoms with Crippen molar-refractivity contribution in [2.45, 2.75) is 50.7 Å². The molecule has 4 heterocycles. The smallest absolute Gasteiger partial charge is 0.274 e. The third kappa shape index (κ3) is 4.85. The molecule has 206 valence electrons. The van der Waals surface area contributed by atoms with Crippen LogP contribution in [0, 0.1) is 0 Å². The van der Waals surface area contributed by atoms with E-state index >= 15 is 0 Å². The van der Waals surface area contributed by atoms with Crippen LogP contribution in [0.25, 0.3) is 11.3 Å². The number of carbonyl (C=O) groups excluding carboxylic acids is 4. The second-order valence-electron chi connectivity index (χ2n) is 10.6. The number of imide groups is 1. The Bertz CT molecular complexity index is 1480. The van der Waals surface area contributed by atoms with Gasteiger partial charge in [0.1, 0.15) is 18.4 Å². The van der Waals surface area contributed by atoms with Gasteiger partial charge in [0.25, 0.3) is 11.8 Å². The van der Waals surface area contributed by atoms with E-state index in [-0.39, 0.29) is 36.7 Å². The highest BCUT2D eigenvalue weighted by atomic mass is 16.5. The van der Waals surface area contributed by atoms with E-state index in [4.69, 9.17) is 4.74 Å². The lowest BCUT2D eigenvalue weighted by atomic mass is 10.0. The van der Waals surface area contributed by atoms with Crippen LogP contribution in [0.2, 0.25) is 0 Å². The first-order valence-corrected chi connectivity index (χ1v) is 13.7. The van der Waals surface area contributed by atoms with Gasteiger partial charge in [0.2, 0.25) is 11.8 Å². The normalized spacial score (nSPS) is 20.9. The summed E-state index contributed by atoms with van der Waals surface area (Å²) >= 11 is 0. The highest BCUT2D eigenvalue weighted by Gasteiger charge is 2.39. The quantitative estimate of drug-likeness (QED) is 0.480. The van der Waals surface area contributed by atoms with Crippen LogP contribution in [0.1, 0.15) is 58.5 Å². The van der Waals surface area contributed by atoms with Crippen LogP contribution in [-0.2, 0) is 23.2 Å². The summed E-state index contributed by atoms with van der Waals surface area (Å²) in [7, 11) is 1.84. The van der Waals surface area contributed by atoms with Gasteiger partial charge in [0.15, 0.2) is 5.69 Å². The molecule has 0 aliphatic carbocycles. The second kappa shape index (κ2) is 10.6. The number of carbonyl (C=O) groups is 4. The first kappa shape index (κ1) is 25.8. The van der Waals surface area contributed by atoms with Crippen LogP contribution in [-0.4, -0.2) is 68.4 Å². The van der Waals surface area contributed by atoms with Crippen molar-refractivity contribution in [1.29, 1.82) is 0 Å². The number of likely N-dealkylation sites (tertiary alicyclic amines) is 1. The van der Waals surface area contributed by atoms with Crippen LogP contribution in [0.3, 0.4) is 0 Å². The zero-order valence-corrected chi connectivity index (χ0v) is 22.3. The topological polar surface area (TPSA) is 114 Å². The van der Waals surface area contributed by atoms with E-state index in [2.05, 4.69) is 10.4 Å². The number of piperidine rings is 2. The largest absolute Gasteiger partial charge is 0.491 e. The molecule has 3 aromatic rings. The van der Waals surface area contributed by atoms with E-state index in [1.165, 1.54) is 4.90 Å². The zero-order valence-electron chi connectivity index (χ0n) is 22.3. The molecule has 0 saturated carbocycles. The molecule has 3 aliphatic heterocycles. The summed E-state index contributed by atoms with van der Waals surface area (Å²) in [4.78, 5) is 53.7. The van der Waals surface area contributed by atoms with Crippen molar-refractivity contribution in [1.82, 2.24) is 24.9 Å². The maximum absolute atomic E-state index is 13.5. The predicted molar refractivity (Wildman–Crippen MR) is 145 cm³/mol. The van der Waals surface area contributed by atoms with Crippen molar-refractivity contribution >= 4 is 23.6 Å². The number of hydrogen-bond donors (Lipinski definition) is 1. The molecule has 6 rings (SSSR count). The number of amides is 4. The molecule has 1 aromatic heterocycles. The predicted octanol–water partition coefficient (Wildman–Crippen LogP) is 2.92. The van der Waals surface area contributed by atoms with Crippen molar-refractivity contribution in [2.75, 3.05) is 13.2 Å². The van der Waals surface area contributed by atoms with Gasteiger partial charge in [0.05, 0.1) is 11.7 Å². The number of rotatable bonds is 6. The van der Waals surface area contributed by atoms with Gasteiger partial charge in [-0.05, 0) is 61.1 Å². The number of fused-ring (bicyclic) bond motifs is 1. The molecule has 4 amide bonds. The minimum absolute atomic E-state index is 0.0988. The van der Waals surface area contributed by atoms with E-state index in [0.29, 0.717) is 36.6 Å². The first-order chi connectivity index (χ1) is 19.4. The number of nitrogens with one attached hydrogen (secondary N) is 1. The third-order valence-electron chi connectivity index (χ3n) is 7.99. The third-order valence-corrected chi connectivity index (χ3v) is 7.99. The van der Waals surface area contributed by atoms with Crippen LogP contribution in [0.4, 0.5) is 0 Å². The molecule has 0 bridgehead atoms. The standard InChI is InChI=1S/C30H31N5O5/c1-33-26(19-7-3-2-4-8-19)16-24(32-33)30(39)34-14-6-5-9-21(34)18-40-22-10-11-23-20(15-22)17-35(29(23)38)25-12-13-27(36)31-28(25)37/h2-4,7-8,10-11,15-16,21,25H,5-6,9,12-14,17-18H2,1H3,(H,31,36,37). The maximum atomic E-state index is 13.5. The highest BCUT2D eigenvalue weighted by molar-refractivity contribution is 6.05. The number of aryl methyl sites for hydroxylation is 1. The Labute approximate surface area is 231 Å². The van der Waals surface area contributed by atoms with Crippen molar-refractivity contribution in [3.05, 3.63) is 71.4 Å². The van der Waals surface area contributed by atoms with Gasteiger partial charge in [0, 0.05) is 32.1 Å². The number of benzene rings is 2. The Morgan fingerprint density at radius 3 is 2.67 bits per heavy atom. The minimum atomic E-state index is -0.655. The molecule has 2 atom stereocenters. The Balaban J connectivity index is 1.13. The average Bonchev–Trinajstić information content (AvgIpc) is 3.51. The van der Waals surface area contributed by atoms with E-state index in [1.807, 2.05) is 54.4 Å². The summed E-state index contributed by atoms with van der Waals surface area (Å²) < 4.78 is 7.90. The molecule has 2 unspecified atom stereocenters. The average molecular weight is 542 g/mol. The summed E-state index contributed by atoms with van der Waals surface area (Å²) in [5.74, 6) is -0.453. The molecule has 10 heteroatoms. The molecule has 40 heavy (non-hydrogen) atoms. The van der Waals surface area contributed by atoms with Gasteiger partial charge in [-0.15, -0.1) is 0 Å². The van der Waals surface area contributed by atoms with Gasteiger partial charge < -0.3 is 14.5 Å². The maximum Gasteiger partial charge on any atom is 0.274 e. The Hall–Kier alpha value is -4.47. The van der Waals surface area contributed by atoms with Gasteiger partial charge in [-0.1, -0.05) is 30.3 Å². The summed E-state index contributed by atoms with van der Waals surface area (Å²) in [6.45, 7) is 1.26. The molecule has 2 aromatic carbocycles. The monoisotopic (exact) mass is 541 g/mol. The summed E-state index contributed by atoms with van der Waals surface area (Å²) in [5, 5.41) is 6.84. The second-order valence-corrected chi connectivity index (χ2v) is 10.6. The molecule has 0 spiro atoms. The van der Waals surface area contributed by atoms with E-state index in [9.17, 15) is 19.2 Å². The summed E-state index contributed by atoms with van der Waals surface area (Å²) in [5.41, 5.74) is 3.62. The SMILES string of the molecule is Cn1nc(C(=O)N2CCCCC2COc2ccc3c(c2)CN(C2CCC(=O)NC2=O)C3=O)cc1-c1ccccc1. The minimum Gasteiger partial charge on any atom is -0.491 e. The Morgan fingerprint density at radius 2 is 1.88 bits per heavy atom. The molecular weight excluding hydrogens is 510 g/mol. The van der Waals surface area contributed by atoms with E-state index in [0.717, 1.165) is 36.1 Å². The van der Waals surface area contributed by atoms with E-state index < -0.39 is 11.9 Å². The van der Waals surface area contributed by atoms with Crippen LogP contribution in [0.5, 0.6) is 5.75 Å². The fourth-order valence-corrected chi connectivity index (χ4v) is 5.87. The van der Waals surface area contributed by atoms with Crippen LogP contribution < -0.4 is 10.1 Å². The number of nitrogens with zero attached hydrogens (tertiary/aromatic N) is 4. The van der Waals surface area contributed by atoms with Gasteiger partial charge in [-0.25, -0.2) is 0 Å². The van der Waals surface area contributed by atoms with Crippen molar-refractivity contribution in [3.8, 4) is 17.0 Å². The molecular formula is C30H31N5O5. The van der Waals surface area contributed by atoms with Crippen molar-refractivity contribution in [2.24, 2.45) is 7.05 Å². The molecule has 10 nitrogen and oxygen atoms in total. The Kier molecular flexibility index (Phi) is 6.83. The summed E-state index contributed by atoms with van der Waals surface area (Å²) in [6.07, 6.45) is 3.31. The molecule has 1 N–H and O–H groups in total. The fraction of sp³-hybridized carbons (Fsp3) is 0.367. The molecule has 2 saturated heterocycles. The summed E-state index contributed by atoms with van der Waals surface area (Å²) in [6, 6.07) is 16.3. The number of aromatic nitrogens is 2. The zero-order chi connectivity index (χ0) is 27.8. The molecule has 3 aliphatic rings. The van der Waals surface area contributed by atoms with Crippen molar-refractivity contribution in [3.63, 3.8) is 0 Å². The van der Waals surface area contributed by atoms with Gasteiger partial charge in [-0.2, -0.15) is 5.10 Å².